The molecule has 10 heteroatoms. The molecule has 2 heterocycles. The Hall–Kier alpha value is -3.50. The molecule has 1 aliphatic rings. The number of benzene rings is 2. The molecular formula is C29H29BrN4O4S. The Morgan fingerprint density at radius 3 is 2.90 bits per heavy atom. The van der Waals surface area contributed by atoms with Gasteiger partial charge in [0.2, 0.25) is 0 Å². The molecule has 0 saturated carbocycles. The minimum absolute atomic E-state index is 0.182. The molecule has 8 nitrogen and oxygen atoms in total. The molecular weight excluding hydrogens is 580 g/mol. The van der Waals surface area contributed by atoms with Gasteiger partial charge in [-0.3, -0.25) is 14.2 Å². The number of thiophene rings is 1. The molecule has 202 valence electrons. The lowest BCUT2D eigenvalue weighted by Gasteiger charge is -2.18. The van der Waals surface area contributed by atoms with Crippen LogP contribution in [0.15, 0.2) is 63.2 Å². The van der Waals surface area contributed by atoms with E-state index in [0.29, 0.717) is 39.4 Å². The lowest BCUT2D eigenvalue weighted by Crippen LogP contribution is -2.34. The van der Waals surface area contributed by atoms with Gasteiger partial charge in [-0.25, -0.2) is 10.4 Å². The van der Waals surface area contributed by atoms with Crippen molar-refractivity contribution in [3.05, 3.63) is 85.2 Å². The third kappa shape index (κ3) is 5.77. The summed E-state index contributed by atoms with van der Waals surface area (Å²) in [6, 6.07) is 12.7. The van der Waals surface area contributed by atoms with Crippen LogP contribution in [0.3, 0.4) is 0 Å². The Morgan fingerprint density at radius 1 is 1.33 bits per heavy atom. The van der Waals surface area contributed by atoms with E-state index in [2.05, 4.69) is 38.4 Å². The number of carbonyl (C=O) groups is 1. The van der Waals surface area contributed by atoms with Gasteiger partial charge in [0.1, 0.15) is 17.5 Å². The number of hydrogen-bond acceptors (Lipinski definition) is 7. The Kier molecular flexibility index (Phi) is 8.13. The molecule has 39 heavy (non-hydrogen) atoms. The number of fused-ring (bicyclic) bond motifs is 3. The molecule has 0 bridgehead atoms. The highest BCUT2D eigenvalue weighted by atomic mass is 79.9. The normalized spacial score (nSPS) is 15.7. The monoisotopic (exact) mass is 608 g/mol. The number of nitrogens with one attached hydrogen (secondary N) is 1. The molecule has 1 aliphatic carbocycles. The maximum Gasteiger partial charge on any atom is 0.263 e. The van der Waals surface area contributed by atoms with Crippen LogP contribution in [0.2, 0.25) is 0 Å². The summed E-state index contributed by atoms with van der Waals surface area (Å²) in [6.45, 7) is 4.29. The first-order valence-electron chi connectivity index (χ1n) is 12.7. The maximum atomic E-state index is 13.3. The zero-order chi connectivity index (χ0) is 27.5. The summed E-state index contributed by atoms with van der Waals surface area (Å²) in [4.78, 5) is 32.7. The predicted octanol–water partition coefficient (Wildman–Crippen LogP) is 5.64. The van der Waals surface area contributed by atoms with Crippen LogP contribution in [0.25, 0.3) is 10.2 Å². The molecule has 0 spiro atoms. The average molecular weight is 610 g/mol. The van der Waals surface area contributed by atoms with Gasteiger partial charge in [-0.1, -0.05) is 37.3 Å². The number of aromatic nitrogens is 2. The van der Waals surface area contributed by atoms with E-state index in [9.17, 15) is 9.59 Å². The van der Waals surface area contributed by atoms with Crippen molar-refractivity contribution in [2.75, 3.05) is 7.11 Å². The first kappa shape index (κ1) is 27.1. The van der Waals surface area contributed by atoms with Crippen molar-refractivity contribution in [2.24, 2.45) is 11.0 Å². The minimum atomic E-state index is -0.778. The van der Waals surface area contributed by atoms with Crippen molar-refractivity contribution in [2.45, 2.75) is 45.8 Å². The minimum Gasteiger partial charge on any atom is -0.493 e. The van der Waals surface area contributed by atoms with Gasteiger partial charge in [0.05, 0.1) is 29.5 Å². The van der Waals surface area contributed by atoms with Gasteiger partial charge in [0.15, 0.2) is 11.5 Å². The van der Waals surface area contributed by atoms with E-state index in [1.165, 1.54) is 22.0 Å². The van der Waals surface area contributed by atoms with Crippen molar-refractivity contribution in [1.82, 2.24) is 15.0 Å². The van der Waals surface area contributed by atoms with E-state index in [-0.39, 0.29) is 5.56 Å². The molecule has 0 radical (unpaired) electrons. The van der Waals surface area contributed by atoms with Gasteiger partial charge in [-0.2, -0.15) is 5.10 Å². The molecule has 0 fully saturated rings. The van der Waals surface area contributed by atoms with Gasteiger partial charge in [0.25, 0.3) is 11.5 Å². The molecule has 0 aliphatic heterocycles. The number of hydrazone groups is 1. The van der Waals surface area contributed by atoms with E-state index < -0.39 is 11.9 Å². The Morgan fingerprint density at radius 2 is 2.13 bits per heavy atom. The van der Waals surface area contributed by atoms with Gasteiger partial charge in [-0.05, 0) is 76.9 Å². The van der Waals surface area contributed by atoms with Crippen LogP contribution in [-0.2, 0) is 24.2 Å². The zero-order valence-corrected chi connectivity index (χ0v) is 24.3. The number of amides is 1. The third-order valence-electron chi connectivity index (χ3n) is 6.90. The number of rotatable bonds is 8. The van der Waals surface area contributed by atoms with E-state index in [4.69, 9.17) is 9.47 Å². The van der Waals surface area contributed by atoms with Gasteiger partial charge < -0.3 is 9.47 Å². The molecule has 4 aromatic rings. The third-order valence-corrected chi connectivity index (χ3v) is 8.66. The molecule has 1 N–H and O–H groups in total. The number of aryl methyl sites for hydroxylation is 1. The zero-order valence-electron chi connectivity index (χ0n) is 21.9. The number of halogens is 1. The van der Waals surface area contributed by atoms with Crippen molar-refractivity contribution in [3.63, 3.8) is 0 Å². The molecule has 2 aromatic carbocycles. The molecule has 2 atom stereocenters. The smallest absolute Gasteiger partial charge is 0.263 e. The molecule has 0 saturated heterocycles. The Balaban J connectivity index is 1.28. The topological polar surface area (TPSA) is 94.8 Å². The Labute approximate surface area is 238 Å². The molecule has 5 rings (SSSR count). The van der Waals surface area contributed by atoms with E-state index >= 15 is 0 Å². The number of carbonyl (C=O) groups excluding carboxylic acids is 1. The summed E-state index contributed by atoms with van der Waals surface area (Å²) in [7, 11) is 1.56. The molecule has 2 aromatic heterocycles. The Bertz CT molecular complexity index is 1600. The van der Waals surface area contributed by atoms with Gasteiger partial charge in [-0.15, -0.1) is 11.3 Å². The largest absolute Gasteiger partial charge is 0.493 e. The fourth-order valence-corrected chi connectivity index (χ4v) is 6.61. The van der Waals surface area contributed by atoms with Crippen LogP contribution in [0, 0.1) is 5.92 Å². The lowest BCUT2D eigenvalue weighted by atomic mass is 9.89. The first-order valence-corrected chi connectivity index (χ1v) is 14.3. The summed E-state index contributed by atoms with van der Waals surface area (Å²) in [5.41, 5.74) is 5.19. The van der Waals surface area contributed by atoms with E-state index in [1.54, 1.807) is 31.4 Å². The number of hydrogen-bond donors (Lipinski definition) is 1. The number of nitrogens with zero attached hydrogens (tertiary/aromatic N) is 3. The van der Waals surface area contributed by atoms with E-state index in [0.717, 1.165) is 35.2 Å². The van der Waals surface area contributed by atoms with Gasteiger partial charge >= 0.3 is 0 Å². The van der Waals surface area contributed by atoms with Crippen molar-refractivity contribution < 1.29 is 14.3 Å². The van der Waals surface area contributed by atoms with Crippen LogP contribution in [0.5, 0.6) is 11.5 Å². The second-order valence-electron chi connectivity index (χ2n) is 9.71. The lowest BCUT2D eigenvalue weighted by molar-refractivity contribution is -0.123. The summed E-state index contributed by atoms with van der Waals surface area (Å²) >= 11 is 5.14. The van der Waals surface area contributed by atoms with Gasteiger partial charge in [0, 0.05) is 4.88 Å². The second kappa shape index (κ2) is 11.7. The van der Waals surface area contributed by atoms with Crippen LogP contribution < -0.4 is 20.5 Å². The van der Waals surface area contributed by atoms with Crippen LogP contribution in [-0.4, -0.2) is 28.8 Å². The van der Waals surface area contributed by atoms with Crippen LogP contribution in [0.4, 0.5) is 0 Å². The van der Waals surface area contributed by atoms with Crippen LogP contribution >= 0.6 is 27.3 Å². The standard InChI is InChI=1S/C29H29BrN4O4S/c1-17-9-10-21-24(11-17)39-28-25(21)29(36)34(16-31-28)18(2)27(35)33-32-14-20-12-22(30)26(23(13-20)37-3)38-15-19-7-5-4-6-8-19/h4-8,12-14,16-18H,9-11,15H2,1-3H3,(H,33,35)/b32-14-/t17-,18+/m1/s1. The van der Waals surface area contributed by atoms with Crippen LogP contribution in [0.1, 0.15) is 47.9 Å². The summed E-state index contributed by atoms with van der Waals surface area (Å²) < 4.78 is 13.6. The van der Waals surface area contributed by atoms with Crippen molar-refractivity contribution >= 4 is 49.6 Å². The number of methoxy groups -OCH3 is 1. The predicted molar refractivity (Wildman–Crippen MR) is 157 cm³/mol. The summed E-state index contributed by atoms with van der Waals surface area (Å²) in [5.74, 6) is 1.29. The highest BCUT2D eigenvalue weighted by Gasteiger charge is 2.25. The first-order chi connectivity index (χ1) is 18.9. The highest BCUT2D eigenvalue weighted by Crippen LogP contribution is 2.37. The number of ether oxygens (including phenoxy) is 2. The van der Waals surface area contributed by atoms with E-state index in [1.807, 2.05) is 36.4 Å². The molecule has 0 unspecified atom stereocenters. The average Bonchev–Trinajstić information content (AvgIpc) is 3.30. The maximum absolute atomic E-state index is 13.3. The van der Waals surface area contributed by atoms with Crippen molar-refractivity contribution in [1.29, 1.82) is 0 Å². The quantitative estimate of drug-likeness (QED) is 0.206. The summed E-state index contributed by atoms with van der Waals surface area (Å²) in [5, 5.41) is 4.76. The molecule has 1 amide bonds. The highest BCUT2D eigenvalue weighted by molar-refractivity contribution is 9.10. The SMILES string of the molecule is COc1cc(/C=N\NC(=O)[C@H](C)n2cnc3sc4c(c3c2=O)CC[C@@H](C)C4)cc(Br)c1OCc1ccccc1. The second-order valence-corrected chi connectivity index (χ2v) is 11.6. The fraction of sp³-hybridized carbons (Fsp3) is 0.310. The van der Waals surface area contributed by atoms with Crippen molar-refractivity contribution in [3.8, 4) is 11.5 Å². The fourth-order valence-electron chi connectivity index (χ4n) is 4.69. The summed E-state index contributed by atoms with van der Waals surface area (Å²) in [6.07, 6.45) is 5.87.